The number of carbonyl (C=O) groups is 1. The van der Waals surface area contributed by atoms with Crippen LogP contribution in [0.1, 0.15) is 28.3 Å². The van der Waals surface area contributed by atoms with Crippen molar-refractivity contribution >= 4 is 5.91 Å². The normalized spacial score (nSPS) is 16.8. The second-order valence-corrected chi connectivity index (χ2v) is 7.25. The molecule has 4 rings (SSSR count). The third kappa shape index (κ3) is 4.46. The summed E-state index contributed by atoms with van der Waals surface area (Å²) in [6.45, 7) is 3.72. The highest BCUT2D eigenvalue weighted by atomic mass is 16.1. The van der Waals surface area contributed by atoms with Crippen LogP contribution in [0.25, 0.3) is 11.3 Å². The fraction of sp³-hybridized carbons (Fsp3) is 0.250. The first kappa shape index (κ1) is 18.4. The van der Waals surface area contributed by atoms with E-state index in [0.29, 0.717) is 18.0 Å². The second-order valence-electron chi connectivity index (χ2n) is 7.25. The van der Waals surface area contributed by atoms with E-state index in [1.807, 2.05) is 42.5 Å². The molecular weight excluding hydrogens is 346 g/mol. The highest BCUT2D eigenvalue weighted by Crippen LogP contribution is 2.26. The molecule has 28 heavy (non-hydrogen) atoms. The molecule has 2 aromatic carbocycles. The maximum Gasteiger partial charge on any atom is 0.251 e. The summed E-state index contributed by atoms with van der Waals surface area (Å²) in [4.78, 5) is 19.2. The van der Waals surface area contributed by atoms with Gasteiger partial charge in [0.05, 0.1) is 5.69 Å². The lowest BCUT2D eigenvalue weighted by molar-refractivity contribution is 0.0949. The van der Waals surface area contributed by atoms with Gasteiger partial charge in [-0.1, -0.05) is 48.5 Å². The van der Waals surface area contributed by atoms with Gasteiger partial charge in [-0.15, -0.1) is 0 Å². The summed E-state index contributed by atoms with van der Waals surface area (Å²) in [7, 11) is 0. The Hall–Kier alpha value is -2.98. The topological polar surface area (TPSA) is 45.2 Å². The van der Waals surface area contributed by atoms with Gasteiger partial charge in [0.2, 0.25) is 0 Å². The van der Waals surface area contributed by atoms with E-state index in [9.17, 15) is 4.79 Å². The average Bonchev–Trinajstić information content (AvgIpc) is 3.24. The van der Waals surface area contributed by atoms with E-state index in [1.54, 1.807) is 6.20 Å². The molecule has 0 spiro atoms. The predicted molar refractivity (Wildman–Crippen MR) is 112 cm³/mol. The standard InChI is InChI=1S/C24H25N3O/c28-24(21-11-9-20(10-12-21)23-8-4-5-14-25-23)26-15-17-27-16-13-22(18-27)19-6-2-1-3-7-19/h1-12,14,22H,13,15-18H2,(H,26,28)/t22-/m1/s1. The Bertz CT molecular complexity index is 894. The number of benzene rings is 2. The fourth-order valence-corrected chi connectivity index (χ4v) is 3.79. The third-order valence-electron chi connectivity index (χ3n) is 5.36. The molecule has 1 aliphatic heterocycles. The number of hydrogen-bond acceptors (Lipinski definition) is 3. The van der Waals surface area contributed by atoms with Crippen LogP contribution in [-0.2, 0) is 0 Å². The van der Waals surface area contributed by atoms with Crippen LogP contribution in [0.5, 0.6) is 0 Å². The Morgan fingerprint density at radius 3 is 2.54 bits per heavy atom. The van der Waals surface area contributed by atoms with E-state index in [0.717, 1.165) is 30.9 Å². The molecule has 1 N–H and O–H groups in total. The average molecular weight is 371 g/mol. The number of nitrogens with one attached hydrogen (secondary N) is 1. The number of amides is 1. The zero-order valence-electron chi connectivity index (χ0n) is 15.9. The molecule has 1 amide bonds. The van der Waals surface area contributed by atoms with Crippen molar-refractivity contribution in [3.05, 3.63) is 90.1 Å². The number of likely N-dealkylation sites (tertiary alicyclic amines) is 1. The van der Waals surface area contributed by atoms with Gasteiger partial charge in [0.1, 0.15) is 0 Å². The maximum atomic E-state index is 12.4. The van der Waals surface area contributed by atoms with E-state index in [4.69, 9.17) is 0 Å². The van der Waals surface area contributed by atoms with Gasteiger partial charge < -0.3 is 10.2 Å². The fourth-order valence-electron chi connectivity index (χ4n) is 3.79. The smallest absolute Gasteiger partial charge is 0.251 e. The molecule has 4 heteroatoms. The summed E-state index contributed by atoms with van der Waals surface area (Å²) in [5, 5.41) is 3.04. The predicted octanol–water partition coefficient (Wildman–Crippen LogP) is 3.97. The Kier molecular flexibility index (Phi) is 5.78. The van der Waals surface area contributed by atoms with Crippen LogP contribution in [-0.4, -0.2) is 42.0 Å². The Morgan fingerprint density at radius 1 is 1.00 bits per heavy atom. The molecule has 1 atom stereocenters. The molecule has 2 heterocycles. The number of nitrogens with zero attached hydrogens (tertiary/aromatic N) is 2. The van der Waals surface area contributed by atoms with Gasteiger partial charge in [0.25, 0.3) is 5.91 Å². The van der Waals surface area contributed by atoms with Crippen LogP contribution in [0, 0.1) is 0 Å². The van der Waals surface area contributed by atoms with Crippen molar-refractivity contribution < 1.29 is 4.79 Å². The maximum absolute atomic E-state index is 12.4. The van der Waals surface area contributed by atoms with Crippen molar-refractivity contribution in [1.29, 1.82) is 0 Å². The van der Waals surface area contributed by atoms with E-state index in [1.165, 1.54) is 12.0 Å². The van der Waals surface area contributed by atoms with Gasteiger partial charge in [-0.05, 0) is 48.7 Å². The molecule has 0 aliphatic carbocycles. The van der Waals surface area contributed by atoms with Gasteiger partial charge in [0, 0.05) is 37.0 Å². The van der Waals surface area contributed by atoms with E-state index in [-0.39, 0.29) is 5.91 Å². The first-order chi connectivity index (χ1) is 13.8. The molecule has 0 unspecified atom stereocenters. The summed E-state index contributed by atoms with van der Waals surface area (Å²) in [5.41, 5.74) is 4.03. The van der Waals surface area contributed by atoms with Crippen molar-refractivity contribution in [1.82, 2.24) is 15.2 Å². The zero-order chi connectivity index (χ0) is 19.2. The van der Waals surface area contributed by atoms with E-state index < -0.39 is 0 Å². The van der Waals surface area contributed by atoms with Crippen LogP contribution in [0.3, 0.4) is 0 Å². The highest BCUT2D eigenvalue weighted by Gasteiger charge is 2.23. The Balaban J connectivity index is 1.25. The molecule has 1 saturated heterocycles. The monoisotopic (exact) mass is 371 g/mol. The lowest BCUT2D eigenvalue weighted by Gasteiger charge is -2.16. The van der Waals surface area contributed by atoms with Gasteiger partial charge in [-0.2, -0.15) is 0 Å². The van der Waals surface area contributed by atoms with Gasteiger partial charge in [0.15, 0.2) is 0 Å². The summed E-state index contributed by atoms with van der Waals surface area (Å²) in [6, 6.07) is 24.1. The molecule has 3 aromatic rings. The second kappa shape index (κ2) is 8.81. The van der Waals surface area contributed by atoms with Crippen LogP contribution >= 0.6 is 0 Å². The molecule has 0 saturated carbocycles. The summed E-state index contributed by atoms with van der Waals surface area (Å²) >= 11 is 0. The molecule has 4 nitrogen and oxygen atoms in total. The largest absolute Gasteiger partial charge is 0.351 e. The molecule has 0 bridgehead atoms. The summed E-state index contributed by atoms with van der Waals surface area (Å²) in [6.07, 6.45) is 2.96. The lowest BCUT2D eigenvalue weighted by atomic mass is 9.99. The Morgan fingerprint density at radius 2 is 1.79 bits per heavy atom. The quantitative estimate of drug-likeness (QED) is 0.713. The van der Waals surface area contributed by atoms with Crippen LogP contribution in [0.2, 0.25) is 0 Å². The molecular formula is C24H25N3O. The van der Waals surface area contributed by atoms with Crippen molar-refractivity contribution in [3.63, 3.8) is 0 Å². The van der Waals surface area contributed by atoms with Gasteiger partial charge >= 0.3 is 0 Å². The van der Waals surface area contributed by atoms with Gasteiger partial charge in [-0.3, -0.25) is 9.78 Å². The zero-order valence-corrected chi connectivity index (χ0v) is 15.9. The molecule has 1 aromatic heterocycles. The number of hydrogen-bond donors (Lipinski definition) is 1. The number of pyridine rings is 1. The third-order valence-corrected chi connectivity index (χ3v) is 5.36. The van der Waals surface area contributed by atoms with Crippen molar-refractivity contribution in [2.24, 2.45) is 0 Å². The van der Waals surface area contributed by atoms with Crippen molar-refractivity contribution in [2.45, 2.75) is 12.3 Å². The van der Waals surface area contributed by atoms with Gasteiger partial charge in [-0.25, -0.2) is 0 Å². The first-order valence-corrected chi connectivity index (χ1v) is 9.86. The van der Waals surface area contributed by atoms with Crippen LogP contribution in [0.4, 0.5) is 0 Å². The molecule has 1 fully saturated rings. The number of carbonyl (C=O) groups excluding carboxylic acids is 1. The van der Waals surface area contributed by atoms with Crippen molar-refractivity contribution in [3.8, 4) is 11.3 Å². The minimum Gasteiger partial charge on any atom is -0.351 e. The minimum atomic E-state index is -0.0219. The first-order valence-electron chi connectivity index (χ1n) is 9.86. The number of aromatic nitrogens is 1. The summed E-state index contributed by atoms with van der Waals surface area (Å²) < 4.78 is 0. The summed E-state index contributed by atoms with van der Waals surface area (Å²) in [5.74, 6) is 0.586. The number of rotatable bonds is 6. The molecule has 142 valence electrons. The van der Waals surface area contributed by atoms with E-state index in [2.05, 4.69) is 45.5 Å². The Labute approximate surface area is 166 Å². The minimum absolute atomic E-state index is 0.0219. The van der Waals surface area contributed by atoms with Crippen molar-refractivity contribution in [2.75, 3.05) is 26.2 Å². The van der Waals surface area contributed by atoms with Crippen LogP contribution < -0.4 is 5.32 Å². The van der Waals surface area contributed by atoms with E-state index >= 15 is 0 Å². The molecule has 1 aliphatic rings. The highest BCUT2D eigenvalue weighted by molar-refractivity contribution is 5.94. The molecule has 0 radical (unpaired) electrons. The lowest BCUT2D eigenvalue weighted by Crippen LogP contribution is -2.33. The SMILES string of the molecule is O=C(NCCN1CC[C@@H](c2ccccc2)C1)c1ccc(-c2ccccn2)cc1. The van der Waals surface area contributed by atoms with Crippen LogP contribution in [0.15, 0.2) is 79.0 Å².